The molecule has 0 unspecified atom stereocenters. The van der Waals surface area contributed by atoms with Gasteiger partial charge in [0, 0.05) is 17.7 Å². The van der Waals surface area contributed by atoms with Crippen LogP contribution in [0, 0.1) is 10.1 Å². The van der Waals surface area contributed by atoms with E-state index in [2.05, 4.69) is 4.98 Å². The standard InChI is InChI=1S/C20H13Cl2N3O3/c21-16-8-6-13(10-17(16)22)12-28-24-19-11-15(25(26)27)7-9-18(19)23-20(24)14-4-2-1-3-5-14/h1-11H,12H2. The van der Waals surface area contributed by atoms with Gasteiger partial charge in [-0.15, -0.1) is 0 Å². The van der Waals surface area contributed by atoms with Gasteiger partial charge in [-0.1, -0.05) is 59.6 Å². The summed E-state index contributed by atoms with van der Waals surface area (Å²) in [7, 11) is 0. The predicted molar refractivity (Wildman–Crippen MR) is 109 cm³/mol. The monoisotopic (exact) mass is 413 g/mol. The van der Waals surface area contributed by atoms with Crippen LogP contribution in [-0.2, 0) is 6.61 Å². The molecule has 0 amide bonds. The van der Waals surface area contributed by atoms with E-state index in [9.17, 15) is 10.1 Å². The molecule has 0 radical (unpaired) electrons. The third-order valence-electron chi connectivity index (χ3n) is 4.18. The third-order valence-corrected chi connectivity index (χ3v) is 4.92. The lowest BCUT2D eigenvalue weighted by Crippen LogP contribution is -2.12. The van der Waals surface area contributed by atoms with Crippen LogP contribution in [0.4, 0.5) is 5.69 Å². The highest BCUT2D eigenvalue weighted by Gasteiger charge is 2.17. The average molecular weight is 414 g/mol. The van der Waals surface area contributed by atoms with E-state index in [0.717, 1.165) is 11.1 Å². The Kier molecular flexibility index (Phi) is 4.90. The molecule has 1 aromatic heterocycles. The maximum atomic E-state index is 11.2. The van der Waals surface area contributed by atoms with Crippen LogP contribution in [0.5, 0.6) is 0 Å². The number of hydrogen-bond donors (Lipinski definition) is 0. The van der Waals surface area contributed by atoms with Crippen LogP contribution >= 0.6 is 23.2 Å². The zero-order chi connectivity index (χ0) is 19.7. The van der Waals surface area contributed by atoms with Crippen LogP contribution in [-0.4, -0.2) is 14.6 Å². The van der Waals surface area contributed by atoms with Gasteiger partial charge in [0.1, 0.15) is 12.1 Å². The molecule has 28 heavy (non-hydrogen) atoms. The van der Waals surface area contributed by atoms with Crippen LogP contribution in [0.25, 0.3) is 22.4 Å². The minimum absolute atomic E-state index is 0.0357. The molecule has 8 heteroatoms. The quantitative estimate of drug-likeness (QED) is 0.317. The van der Waals surface area contributed by atoms with E-state index in [-0.39, 0.29) is 12.3 Å². The van der Waals surface area contributed by atoms with Gasteiger partial charge in [0.05, 0.1) is 20.5 Å². The number of non-ortho nitro benzene ring substituents is 1. The summed E-state index contributed by atoms with van der Waals surface area (Å²) in [5.41, 5.74) is 2.70. The molecule has 0 aliphatic carbocycles. The highest BCUT2D eigenvalue weighted by Crippen LogP contribution is 2.27. The first-order valence-corrected chi connectivity index (χ1v) is 9.08. The second-order valence-corrected chi connectivity index (χ2v) is 6.86. The number of imidazole rings is 1. The van der Waals surface area contributed by atoms with Crippen molar-refractivity contribution in [1.29, 1.82) is 0 Å². The van der Waals surface area contributed by atoms with E-state index in [1.165, 1.54) is 16.9 Å². The van der Waals surface area contributed by atoms with Crippen molar-refractivity contribution < 1.29 is 9.76 Å². The first kappa shape index (κ1) is 18.3. The first-order valence-electron chi connectivity index (χ1n) is 8.32. The fraction of sp³-hybridized carbons (Fsp3) is 0.0500. The summed E-state index contributed by atoms with van der Waals surface area (Å²) in [6, 6.07) is 19.2. The Balaban J connectivity index is 1.79. The summed E-state index contributed by atoms with van der Waals surface area (Å²) in [5.74, 6) is 0.552. The number of rotatable bonds is 5. The van der Waals surface area contributed by atoms with Crippen molar-refractivity contribution in [2.24, 2.45) is 0 Å². The SMILES string of the molecule is O=[N+]([O-])c1ccc2nc(-c3ccccc3)n(OCc3ccc(Cl)c(Cl)c3)c2c1. The molecular weight excluding hydrogens is 401 g/mol. The fourth-order valence-corrected chi connectivity index (χ4v) is 3.15. The van der Waals surface area contributed by atoms with Crippen molar-refractivity contribution >= 4 is 39.9 Å². The molecule has 0 aliphatic heterocycles. The number of nitro benzene ring substituents is 1. The molecule has 0 bridgehead atoms. The van der Waals surface area contributed by atoms with Crippen LogP contribution in [0.3, 0.4) is 0 Å². The zero-order valence-electron chi connectivity index (χ0n) is 14.4. The lowest BCUT2D eigenvalue weighted by molar-refractivity contribution is -0.384. The Morgan fingerprint density at radius 1 is 1.00 bits per heavy atom. The summed E-state index contributed by atoms with van der Waals surface area (Å²) < 4.78 is 1.51. The number of aromatic nitrogens is 2. The molecule has 3 aromatic carbocycles. The molecule has 0 saturated heterocycles. The van der Waals surface area contributed by atoms with Gasteiger partial charge in [0.2, 0.25) is 0 Å². The van der Waals surface area contributed by atoms with E-state index in [0.29, 0.717) is 26.9 Å². The zero-order valence-corrected chi connectivity index (χ0v) is 15.9. The summed E-state index contributed by atoms with van der Waals surface area (Å²) in [5, 5.41) is 12.1. The van der Waals surface area contributed by atoms with Crippen molar-refractivity contribution in [3.63, 3.8) is 0 Å². The average Bonchev–Trinajstić information content (AvgIpc) is 3.07. The summed E-state index contributed by atoms with van der Waals surface area (Å²) in [6.07, 6.45) is 0. The molecule has 140 valence electrons. The summed E-state index contributed by atoms with van der Waals surface area (Å²) >= 11 is 12.0. The largest absolute Gasteiger partial charge is 0.407 e. The van der Waals surface area contributed by atoms with Gasteiger partial charge in [-0.3, -0.25) is 10.1 Å². The Bertz CT molecular complexity index is 1180. The summed E-state index contributed by atoms with van der Waals surface area (Å²) in [4.78, 5) is 21.3. The Morgan fingerprint density at radius 2 is 1.79 bits per heavy atom. The normalized spacial score (nSPS) is 10.9. The molecule has 0 aliphatic rings. The number of nitro groups is 1. The predicted octanol–water partition coefficient (Wildman–Crippen LogP) is 5.55. The third kappa shape index (κ3) is 3.52. The molecule has 0 spiro atoms. The number of hydrogen-bond acceptors (Lipinski definition) is 4. The minimum Gasteiger partial charge on any atom is -0.407 e. The topological polar surface area (TPSA) is 70.2 Å². The molecule has 6 nitrogen and oxygen atoms in total. The number of nitrogens with zero attached hydrogens (tertiary/aromatic N) is 3. The van der Waals surface area contributed by atoms with Gasteiger partial charge in [-0.05, 0) is 23.8 Å². The minimum atomic E-state index is -0.446. The molecular formula is C20H13Cl2N3O3. The van der Waals surface area contributed by atoms with E-state index in [4.69, 9.17) is 28.0 Å². The van der Waals surface area contributed by atoms with Crippen molar-refractivity contribution in [1.82, 2.24) is 9.71 Å². The van der Waals surface area contributed by atoms with Crippen LogP contribution in [0.2, 0.25) is 10.0 Å². The van der Waals surface area contributed by atoms with Crippen molar-refractivity contribution in [3.05, 3.63) is 92.5 Å². The Labute approximate surface area is 170 Å². The van der Waals surface area contributed by atoms with E-state index >= 15 is 0 Å². The maximum Gasteiger partial charge on any atom is 0.271 e. The van der Waals surface area contributed by atoms with Crippen LogP contribution in [0.1, 0.15) is 5.56 Å². The van der Waals surface area contributed by atoms with Gasteiger partial charge in [0.25, 0.3) is 5.69 Å². The van der Waals surface area contributed by atoms with Crippen LogP contribution < -0.4 is 4.84 Å². The lowest BCUT2D eigenvalue weighted by Gasteiger charge is -2.11. The van der Waals surface area contributed by atoms with Gasteiger partial charge in [0.15, 0.2) is 5.82 Å². The second kappa shape index (κ2) is 7.50. The summed E-state index contributed by atoms with van der Waals surface area (Å²) in [6.45, 7) is 0.185. The smallest absolute Gasteiger partial charge is 0.271 e. The Hall–Kier alpha value is -3.09. The van der Waals surface area contributed by atoms with Gasteiger partial charge < -0.3 is 4.84 Å². The lowest BCUT2D eigenvalue weighted by atomic mass is 10.2. The van der Waals surface area contributed by atoms with Crippen molar-refractivity contribution in [2.75, 3.05) is 0 Å². The Morgan fingerprint density at radius 3 is 2.50 bits per heavy atom. The van der Waals surface area contributed by atoms with Gasteiger partial charge in [-0.25, -0.2) is 4.98 Å². The number of halogens is 2. The van der Waals surface area contributed by atoms with Gasteiger partial charge >= 0.3 is 0 Å². The molecule has 1 heterocycles. The molecule has 4 rings (SSSR count). The molecule has 0 atom stereocenters. The molecule has 4 aromatic rings. The van der Waals surface area contributed by atoms with E-state index in [1.54, 1.807) is 24.3 Å². The van der Waals surface area contributed by atoms with E-state index in [1.807, 2.05) is 30.3 Å². The second-order valence-electron chi connectivity index (χ2n) is 6.05. The van der Waals surface area contributed by atoms with Crippen LogP contribution in [0.15, 0.2) is 66.7 Å². The molecule has 0 N–H and O–H groups in total. The van der Waals surface area contributed by atoms with Crippen molar-refractivity contribution in [3.8, 4) is 11.4 Å². The van der Waals surface area contributed by atoms with Gasteiger partial charge in [-0.2, -0.15) is 4.73 Å². The first-order chi connectivity index (χ1) is 13.5. The van der Waals surface area contributed by atoms with E-state index < -0.39 is 4.92 Å². The molecule has 0 saturated carbocycles. The number of fused-ring (bicyclic) bond motifs is 1. The maximum absolute atomic E-state index is 11.2. The molecule has 0 fully saturated rings. The fourth-order valence-electron chi connectivity index (χ4n) is 2.82. The highest BCUT2D eigenvalue weighted by molar-refractivity contribution is 6.42. The van der Waals surface area contributed by atoms with Crippen molar-refractivity contribution in [2.45, 2.75) is 6.61 Å². The highest BCUT2D eigenvalue weighted by atomic mass is 35.5. The number of benzene rings is 3.